The average Bonchev–Trinajstić information content (AvgIpc) is 3.16. The summed E-state index contributed by atoms with van der Waals surface area (Å²) in [5.74, 6) is -2.27. The van der Waals surface area contributed by atoms with Gasteiger partial charge in [0.15, 0.2) is 0 Å². The molecule has 2 N–H and O–H groups in total. The number of halogens is 1. The lowest BCUT2D eigenvalue weighted by Gasteiger charge is -2.16. The van der Waals surface area contributed by atoms with Gasteiger partial charge in [-0.15, -0.1) is 0 Å². The quantitative estimate of drug-likeness (QED) is 0.212. The van der Waals surface area contributed by atoms with Gasteiger partial charge in [-0.25, -0.2) is 9.69 Å². The zero-order valence-electron chi connectivity index (χ0n) is 21.6. The third-order valence-corrected chi connectivity index (χ3v) is 6.52. The van der Waals surface area contributed by atoms with Crippen molar-refractivity contribution in [1.29, 1.82) is 0 Å². The minimum absolute atomic E-state index is 0.116. The summed E-state index contributed by atoms with van der Waals surface area (Å²) in [5.41, 5.74) is 1.81. The van der Waals surface area contributed by atoms with Gasteiger partial charge in [0.25, 0.3) is 17.7 Å². The Balaban J connectivity index is 1.30. The van der Waals surface area contributed by atoms with Gasteiger partial charge in [-0.1, -0.05) is 54.1 Å². The Labute approximate surface area is 235 Å². The molecule has 0 radical (unpaired) electrons. The number of ether oxygens (including phenoxy) is 1. The number of rotatable bonds is 7. The standard InChI is InChI=1S/C31H24ClN3O5/c1-18(2)40-31(39)21-9-5-10-23(17-21)35-29(37)26(32)27(30(35)38)33-22-15-13-20(14-16-22)28(36)34-25-12-6-8-19-7-3-4-11-24(19)25/h3-18,33H,1-2H3,(H,34,36). The summed E-state index contributed by atoms with van der Waals surface area (Å²) in [6, 6.07) is 25.9. The third-order valence-electron chi connectivity index (χ3n) is 6.16. The van der Waals surface area contributed by atoms with Crippen molar-refractivity contribution in [2.75, 3.05) is 15.5 Å². The predicted octanol–water partition coefficient (Wildman–Crippen LogP) is 6.09. The van der Waals surface area contributed by atoms with Crippen molar-refractivity contribution in [2.45, 2.75) is 20.0 Å². The Kier molecular flexibility index (Phi) is 7.35. The molecule has 3 amide bonds. The summed E-state index contributed by atoms with van der Waals surface area (Å²) in [6.45, 7) is 3.45. The van der Waals surface area contributed by atoms with Crippen LogP contribution in [0.5, 0.6) is 0 Å². The van der Waals surface area contributed by atoms with Crippen LogP contribution in [0, 0.1) is 0 Å². The second-order valence-electron chi connectivity index (χ2n) is 9.32. The summed E-state index contributed by atoms with van der Waals surface area (Å²) < 4.78 is 5.20. The van der Waals surface area contributed by atoms with Gasteiger partial charge in [-0.05, 0) is 67.8 Å². The lowest BCUT2D eigenvalue weighted by atomic mass is 10.1. The van der Waals surface area contributed by atoms with Crippen LogP contribution in [0.4, 0.5) is 17.1 Å². The second kappa shape index (κ2) is 11.0. The Morgan fingerprint density at radius 3 is 2.27 bits per heavy atom. The van der Waals surface area contributed by atoms with Crippen LogP contribution in [0.3, 0.4) is 0 Å². The van der Waals surface area contributed by atoms with Crippen LogP contribution in [0.1, 0.15) is 34.6 Å². The van der Waals surface area contributed by atoms with Crippen LogP contribution < -0.4 is 15.5 Å². The molecule has 8 nitrogen and oxygen atoms in total. The highest BCUT2D eigenvalue weighted by atomic mass is 35.5. The molecule has 0 aliphatic carbocycles. The van der Waals surface area contributed by atoms with Crippen LogP contribution in [-0.2, 0) is 14.3 Å². The molecule has 40 heavy (non-hydrogen) atoms. The number of hydrogen-bond donors (Lipinski definition) is 2. The van der Waals surface area contributed by atoms with Crippen LogP contribution >= 0.6 is 11.6 Å². The number of nitrogens with one attached hydrogen (secondary N) is 2. The van der Waals surface area contributed by atoms with E-state index in [9.17, 15) is 19.2 Å². The maximum Gasteiger partial charge on any atom is 0.338 e. The Bertz CT molecular complexity index is 1690. The van der Waals surface area contributed by atoms with Crippen LogP contribution in [-0.4, -0.2) is 29.8 Å². The van der Waals surface area contributed by atoms with Crippen molar-refractivity contribution in [3.05, 3.63) is 113 Å². The van der Waals surface area contributed by atoms with Gasteiger partial charge >= 0.3 is 5.97 Å². The van der Waals surface area contributed by atoms with Crippen molar-refractivity contribution in [1.82, 2.24) is 0 Å². The SMILES string of the molecule is CC(C)OC(=O)c1cccc(N2C(=O)C(Cl)=C(Nc3ccc(C(=O)Nc4cccc5ccccc45)cc3)C2=O)c1. The molecule has 4 aromatic carbocycles. The van der Waals surface area contributed by atoms with E-state index in [0.717, 1.165) is 15.7 Å². The van der Waals surface area contributed by atoms with Crippen molar-refractivity contribution in [3.63, 3.8) is 0 Å². The fourth-order valence-electron chi connectivity index (χ4n) is 4.28. The summed E-state index contributed by atoms with van der Waals surface area (Å²) in [4.78, 5) is 52.2. The summed E-state index contributed by atoms with van der Waals surface area (Å²) in [6.07, 6.45) is -0.325. The minimum Gasteiger partial charge on any atom is -0.459 e. The number of carbonyl (C=O) groups excluding carboxylic acids is 4. The molecule has 0 spiro atoms. The van der Waals surface area contributed by atoms with Crippen LogP contribution in [0.2, 0.25) is 0 Å². The lowest BCUT2D eigenvalue weighted by molar-refractivity contribution is -0.120. The predicted molar refractivity (Wildman–Crippen MR) is 154 cm³/mol. The molecule has 0 bridgehead atoms. The largest absolute Gasteiger partial charge is 0.459 e. The first-order valence-corrected chi connectivity index (χ1v) is 12.9. The monoisotopic (exact) mass is 553 g/mol. The van der Waals surface area contributed by atoms with E-state index in [1.807, 2.05) is 42.5 Å². The van der Waals surface area contributed by atoms with Gasteiger partial charge in [-0.2, -0.15) is 0 Å². The molecule has 0 atom stereocenters. The molecule has 1 heterocycles. The molecule has 0 saturated carbocycles. The molecule has 200 valence electrons. The van der Waals surface area contributed by atoms with E-state index in [0.29, 0.717) is 16.9 Å². The first-order valence-electron chi connectivity index (χ1n) is 12.5. The second-order valence-corrected chi connectivity index (χ2v) is 9.70. The van der Waals surface area contributed by atoms with Gasteiger partial charge in [-0.3, -0.25) is 14.4 Å². The average molecular weight is 554 g/mol. The molecule has 1 aliphatic rings. The van der Waals surface area contributed by atoms with Crippen molar-refractivity contribution < 1.29 is 23.9 Å². The number of carbonyl (C=O) groups is 4. The summed E-state index contributed by atoms with van der Waals surface area (Å²) in [5, 5.41) is 7.46. The highest BCUT2D eigenvalue weighted by molar-refractivity contribution is 6.53. The molecule has 0 fully saturated rings. The van der Waals surface area contributed by atoms with E-state index in [-0.39, 0.29) is 34.0 Å². The fourth-order valence-corrected chi connectivity index (χ4v) is 4.49. The van der Waals surface area contributed by atoms with Gasteiger partial charge < -0.3 is 15.4 Å². The van der Waals surface area contributed by atoms with Crippen molar-refractivity contribution in [3.8, 4) is 0 Å². The Morgan fingerprint density at radius 1 is 0.825 bits per heavy atom. The van der Waals surface area contributed by atoms with Gasteiger partial charge in [0.05, 0.1) is 17.4 Å². The lowest BCUT2D eigenvalue weighted by Crippen LogP contribution is -2.32. The normalized spacial score (nSPS) is 13.2. The Hall–Kier alpha value is -4.95. The molecule has 1 aliphatic heterocycles. The molecule has 0 aromatic heterocycles. The number of imide groups is 1. The minimum atomic E-state index is -0.727. The number of hydrogen-bond acceptors (Lipinski definition) is 6. The third kappa shape index (κ3) is 5.30. The molecular weight excluding hydrogens is 530 g/mol. The van der Waals surface area contributed by atoms with Crippen LogP contribution in [0.25, 0.3) is 10.8 Å². The number of fused-ring (bicyclic) bond motifs is 1. The number of anilines is 3. The maximum atomic E-state index is 13.2. The molecule has 5 rings (SSSR count). The Morgan fingerprint density at radius 2 is 1.52 bits per heavy atom. The van der Waals surface area contributed by atoms with E-state index < -0.39 is 17.8 Å². The smallest absolute Gasteiger partial charge is 0.338 e. The number of amides is 3. The van der Waals surface area contributed by atoms with Crippen molar-refractivity contribution in [2.24, 2.45) is 0 Å². The van der Waals surface area contributed by atoms with Crippen molar-refractivity contribution >= 4 is 63.1 Å². The fraction of sp³-hybridized carbons (Fsp3) is 0.0968. The van der Waals surface area contributed by atoms with Crippen LogP contribution in [0.15, 0.2) is 102 Å². The summed E-state index contributed by atoms with van der Waals surface area (Å²) in [7, 11) is 0. The highest BCUT2D eigenvalue weighted by Gasteiger charge is 2.39. The van der Waals surface area contributed by atoms with Gasteiger partial charge in [0.2, 0.25) is 0 Å². The van der Waals surface area contributed by atoms with Gasteiger partial charge in [0, 0.05) is 22.3 Å². The van der Waals surface area contributed by atoms with Gasteiger partial charge in [0.1, 0.15) is 10.7 Å². The number of benzene rings is 4. The van der Waals surface area contributed by atoms with E-state index in [2.05, 4.69) is 10.6 Å². The summed E-state index contributed by atoms with van der Waals surface area (Å²) >= 11 is 6.26. The molecule has 4 aromatic rings. The van der Waals surface area contributed by atoms with E-state index >= 15 is 0 Å². The van der Waals surface area contributed by atoms with E-state index in [4.69, 9.17) is 16.3 Å². The number of esters is 1. The number of nitrogens with zero attached hydrogens (tertiary/aromatic N) is 1. The van der Waals surface area contributed by atoms with E-state index in [1.54, 1.807) is 44.2 Å². The highest BCUT2D eigenvalue weighted by Crippen LogP contribution is 2.31. The first kappa shape index (κ1) is 26.6. The molecular formula is C31H24ClN3O5. The molecule has 9 heteroatoms. The topological polar surface area (TPSA) is 105 Å². The zero-order valence-corrected chi connectivity index (χ0v) is 22.4. The maximum absolute atomic E-state index is 13.2. The molecule has 0 saturated heterocycles. The first-order chi connectivity index (χ1) is 19.2. The zero-order chi connectivity index (χ0) is 28.4. The van der Waals surface area contributed by atoms with E-state index in [1.165, 1.54) is 18.2 Å². The molecule has 0 unspecified atom stereocenters.